The standard InChI is InChI=1S/C22H17ClF3N5O2/c1-12-7-16(5-6-28-12)31-10-15-9-30(11-17(15)29-31)21(32)19-18(33-13(2)22(24,25)26)4-3-14(8-27)20(19)23/h3-7,10,13H,9,11H2,1-2H3. The number of hydrogen-bond acceptors (Lipinski definition) is 5. The van der Waals surface area contributed by atoms with Crippen molar-refractivity contribution in [3.63, 3.8) is 0 Å². The van der Waals surface area contributed by atoms with Crippen molar-refractivity contribution in [3.8, 4) is 17.5 Å². The maximum atomic E-state index is 13.3. The van der Waals surface area contributed by atoms with Crippen LogP contribution in [0.3, 0.4) is 0 Å². The van der Waals surface area contributed by atoms with Crippen LogP contribution < -0.4 is 4.74 Å². The highest BCUT2D eigenvalue weighted by atomic mass is 35.5. The summed E-state index contributed by atoms with van der Waals surface area (Å²) in [6.45, 7) is 3.00. The Balaban J connectivity index is 1.62. The molecular weight excluding hydrogens is 459 g/mol. The van der Waals surface area contributed by atoms with E-state index in [4.69, 9.17) is 16.3 Å². The molecule has 4 rings (SSSR count). The number of halogens is 4. The minimum absolute atomic E-state index is 0.0396. The Labute approximate surface area is 192 Å². The van der Waals surface area contributed by atoms with E-state index in [1.54, 1.807) is 23.1 Å². The van der Waals surface area contributed by atoms with Crippen molar-refractivity contribution >= 4 is 17.5 Å². The highest BCUT2D eigenvalue weighted by Crippen LogP contribution is 2.36. The van der Waals surface area contributed by atoms with Crippen LogP contribution in [0.5, 0.6) is 5.75 Å². The second-order valence-electron chi connectivity index (χ2n) is 7.58. The minimum atomic E-state index is -4.64. The number of carbonyl (C=O) groups excluding carboxylic acids is 1. The zero-order valence-electron chi connectivity index (χ0n) is 17.5. The summed E-state index contributed by atoms with van der Waals surface area (Å²) in [5.74, 6) is -0.985. The maximum absolute atomic E-state index is 13.3. The number of pyridine rings is 1. The van der Waals surface area contributed by atoms with Crippen molar-refractivity contribution in [1.29, 1.82) is 5.26 Å². The quantitative estimate of drug-likeness (QED) is 0.551. The zero-order chi connectivity index (χ0) is 23.9. The van der Waals surface area contributed by atoms with Gasteiger partial charge in [-0.2, -0.15) is 23.5 Å². The van der Waals surface area contributed by atoms with Gasteiger partial charge in [-0.1, -0.05) is 11.6 Å². The molecule has 0 N–H and O–H groups in total. The summed E-state index contributed by atoms with van der Waals surface area (Å²) in [4.78, 5) is 18.8. The molecule has 0 saturated heterocycles. The van der Waals surface area contributed by atoms with Crippen molar-refractivity contribution in [2.24, 2.45) is 0 Å². The smallest absolute Gasteiger partial charge is 0.425 e. The van der Waals surface area contributed by atoms with Crippen LogP contribution in [-0.4, -0.2) is 37.9 Å². The highest BCUT2D eigenvalue weighted by molar-refractivity contribution is 6.35. The molecule has 1 atom stereocenters. The number of nitriles is 1. The van der Waals surface area contributed by atoms with Crippen LogP contribution >= 0.6 is 11.6 Å². The number of aryl methyl sites for hydroxylation is 1. The van der Waals surface area contributed by atoms with E-state index >= 15 is 0 Å². The summed E-state index contributed by atoms with van der Waals surface area (Å²) in [7, 11) is 0. The maximum Gasteiger partial charge on any atom is 0.425 e. The van der Waals surface area contributed by atoms with Gasteiger partial charge in [0.1, 0.15) is 17.4 Å². The topological polar surface area (TPSA) is 84.0 Å². The molecule has 0 bridgehead atoms. The lowest BCUT2D eigenvalue weighted by molar-refractivity contribution is -0.189. The van der Waals surface area contributed by atoms with Crippen molar-refractivity contribution < 1.29 is 22.7 Å². The first-order valence-electron chi connectivity index (χ1n) is 9.84. The van der Waals surface area contributed by atoms with Crippen molar-refractivity contribution in [2.45, 2.75) is 39.2 Å². The van der Waals surface area contributed by atoms with Crippen LogP contribution in [0.15, 0.2) is 36.7 Å². The molecule has 33 heavy (non-hydrogen) atoms. The van der Waals surface area contributed by atoms with Gasteiger partial charge in [-0.15, -0.1) is 0 Å². The molecule has 170 valence electrons. The van der Waals surface area contributed by atoms with Gasteiger partial charge in [-0.25, -0.2) is 4.68 Å². The molecule has 0 fully saturated rings. The minimum Gasteiger partial charge on any atom is -0.480 e. The first kappa shape index (κ1) is 22.6. The lowest BCUT2D eigenvalue weighted by atomic mass is 10.1. The molecule has 2 aromatic heterocycles. The molecule has 0 aliphatic carbocycles. The summed E-state index contributed by atoms with van der Waals surface area (Å²) >= 11 is 6.23. The predicted molar refractivity (Wildman–Crippen MR) is 112 cm³/mol. The van der Waals surface area contributed by atoms with Gasteiger partial charge in [-0.3, -0.25) is 9.78 Å². The Morgan fingerprint density at radius 1 is 1.30 bits per heavy atom. The Kier molecular flexibility index (Phi) is 5.76. The Morgan fingerprint density at radius 3 is 2.70 bits per heavy atom. The second kappa shape index (κ2) is 8.41. The monoisotopic (exact) mass is 475 g/mol. The molecule has 3 aromatic rings. The van der Waals surface area contributed by atoms with E-state index in [1.165, 1.54) is 11.0 Å². The third kappa shape index (κ3) is 4.36. The van der Waals surface area contributed by atoms with E-state index in [0.717, 1.165) is 29.9 Å². The van der Waals surface area contributed by atoms with Gasteiger partial charge in [-0.05, 0) is 38.1 Å². The SMILES string of the molecule is Cc1cc(-n2cc3c(n2)CN(C(=O)c2c(OC(C)C(F)(F)F)ccc(C#N)c2Cl)C3)ccn1. The summed E-state index contributed by atoms with van der Waals surface area (Å²) in [5, 5.41) is 13.5. The molecule has 1 amide bonds. The predicted octanol–water partition coefficient (Wildman–Crippen LogP) is 4.59. The Morgan fingerprint density at radius 2 is 2.06 bits per heavy atom. The number of hydrogen-bond donors (Lipinski definition) is 0. The van der Waals surface area contributed by atoms with Gasteiger partial charge < -0.3 is 9.64 Å². The number of nitrogens with zero attached hydrogens (tertiary/aromatic N) is 5. The second-order valence-corrected chi connectivity index (χ2v) is 7.95. The van der Waals surface area contributed by atoms with Crippen LogP contribution in [0.2, 0.25) is 5.02 Å². The Bertz CT molecular complexity index is 1260. The molecule has 7 nitrogen and oxygen atoms in total. The number of alkyl halides is 3. The molecule has 1 unspecified atom stereocenters. The highest BCUT2D eigenvalue weighted by Gasteiger charge is 2.39. The van der Waals surface area contributed by atoms with Crippen molar-refractivity contribution in [3.05, 3.63) is 69.8 Å². The molecule has 0 saturated carbocycles. The Hall–Kier alpha value is -3.58. The number of amides is 1. The van der Waals surface area contributed by atoms with E-state index in [1.807, 2.05) is 19.1 Å². The van der Waals surface area contributed by atoms with E-state index in [9.17, 15) is 23.2 Å². The van der Waals surface area contributed by atoms with Gasteiger partial charge in [0.05, 0.1) is 28.5 Å². The fourth-order valence-electron chi connectivity index (χ4n) is 3.46. The molecular formula is C22H17ClF3N5O2. The number of benzene rings is 1. The van der Waals surface area contributed by atoms with Gasteiger partial charge in [0.15, 0.2) is 6.10 Å². The molecule has 1 aromatic carbocycles. The third-order valence-electron chi connectivity index (χ3n) is 5.21. The fourth-order valence-corrected chi connectivity index (χ4v) is 3.74. The number of rotatable bonds is 4. The van der Waals surface area contributed by atoms with Gasteiger partial charge in [0, 0.05) is 30.2 Å². The summed E-state index contributed by atoms with van der Waals surface area (Å²) in [5.41, 5.74) is 2.76. The van der Waals surface area contributed by atoms with Crippen LogP contribution in [0.1, 0.15) is 39.8 Å². The summed E-state index contributed by atoms with van der Waals surface area (Å²) in [6.07, 6.45) is -3.36. The first-order valence-corrected chi connectivity index (χ1v) is 10.2. The van der Waals surface area contributed by atoms with E-state index in [-0.39, 0.29) is 35.0 Å². The number of ether oxygens (including phenoxy) is 1. The lowest BCUT2D eigenvalue weighted by Gasteiger charge is -2.23. The number of carbonyl (C=O) groups is 1. The molecule has 0 spiro atoms. The number of aromatic nitrogens is 3. The largest absolute Gasteiger partial charge is 0.480 e. The molecule has 0 radical (unpaired) electrons. The van der Waals surface area contributed by atoms with Crippen LogP contribution in [0.25, 0.3) is 5.69 Å². The molecule has 3 heterocycles. The van der Waals surface area contributed by atoms with Crippen molar-refractivity contribution in [2.75, 3.05) is 0 Å². The van der Waals surface area contributed by atoms with E-state index in [0.29, 0.717) is 5.69 Å². The first-order chi connectivity index (χ1) is 15.6. The lowest BCUT2D eigenvalue weighted by Crippen LogP contribution is -2.33. The van der Waals surface area contributed by atoms with Gasteiger partial charge in [0.2, 0.25) is 0 Å². The average molecular weight is 476 g/mol. The van der Waals surface area contributed by atoms with Crippen LogP contribution in [-0.2, 0) is 13.1 Å². The van der Waals surface area contributed by atoms with Crippen molar-refractivity contribution in [1.82, 2.24) is 19.7 Å². The van der Waals surface area contributed by atoms with Gasteiger partial charge in [0.25, 0.3) is 5.91 Å². The average Bonchev–Trinajstić information content (AvgIpc) is 3.32. The van der Waals surface area contributed by atoms with Gasteiger partial charge >= 0.3 is 6.18 Å². The van der Waals surface area contributed by atoms with E-state index in [2.05, 4.69) is 10.1 Å². The summed E-state index contributed by atoms with van der Waals surface area (Å²) in [6, 6.07) is 7.87. The third-order valence-corrected chi connectivity index (χ3v) is 5.61. The summed E-state index contributed by atoms with van der Waals surface area (Å²) < 4.78 is 45.8. The van der Waals surface area contributed by atoms with Crippen LogP contribution in [0, 0.1) is 18.3 Å². The normalized spacial score (nSPS) is 14.0. The molecule has 1 aliphatic rings. The molecule has 1 aliphatic heterocycles. The van der Waals surface area contributed by atoms with E-state index < -0.39 is 18.2 Å². The fraction of sp³-hybridized carbons (Fsp3) is 0.273. The number of fused-ring (bicyclic) bond motifs is 1. The van der Waals surface area contributed by atoms with Crippen LogP contribution in [0.4, 0.5) is 13.2 Å². The zero-order valence-corrected chi connectivity index (χ0v) is 18.3. The molecule has 11 heteroatoms.